The molecule has 0 amide bonds. The van der Waals surface area contributed by atoms with Crippen LogP contribution in [0.25, 0.3) is 17.2 Å². The van der Waals surface area contributed by atoms with E-state index in [4.69, 9.17) is 12.2 Å². The predicted octanol–water partition coefficient (Wildman–Crippen LogP) is 3.33. The van der Waals surface area contributed by atoms with E-state index in [-0.39, 0.29) is 0 Å². The van der Waals surface area contributed by atoms with Gasteiger partial charge in [-0.1, -0.05) is 42.5 Å². The maximum Gasteiger partial charge on any atom is 0.252 e. The molecule has 100 valence electrons. The molecule has 4 rings (SSSR count). The van der Waals surface area contributed by atoms with Gasteiger partial charge in [-0.25, -0.2) is 9.50 Å². The van der Waals surface area contributed by atoms with E-state index in [2.05, 4.69) is 15.1 Å². The van der Waals surface area contributed by atoms with Gasteiger partial charge in [0.15, 0.2) is 5.82 Å². The van der Waals surface area contributed by atoms with Gasteiger partial charge in [-0.15, -0.1) is 0 Å². The zero-order valence-corrected chi connectivity index (χ0v) is 11.8. The van der Waals surface area contributed by atoms with Gasteiger partial charge in [0.25, 0.3) is 5.78 Å². The zero-order valence-electron chi connectivity index (χ0n) is 11.0. The minimum Gasteiger partial charge on any atom is -0.273 e. The highest BCUT2D eigenvalue weighted by molar-refractivity contribution is 7.71. The number of aromatic nitrogens is 4. The van der Waals surface area contributed by atoms with E-state index < -0.39 is 0 Å². The zero-order chi connectivity index (χ0) is 13.5. The molecule has 2 aromatic heterocycles. The fourth-order valence-electron chi connectivity index (χ4n) is 2.77. The number of nitrogens with zero attached hydrogens (tertiary/aromatic N) is 3. The lowest BCUT2D eigenvalue weighted by atomic mass is 9.98. The summed E-state index contributed by atoms with van der Waals surface area (Å²) in [5.41, 5.74) is 3.39. The van der Waals surface area contributed by atoms with Crippen molar-refractivity contribution >= 4 is 18.0 Å². The van der Waals surface area contributed by atoms with Crippen LogP contribution in [-0.2, 0) is 12.8 Å². The second kappa shape index (κ2) is 4.52. The first kappa shape index (κ1) is 11.8. The smallest absolute Gasteiger partial charge is 0.252 e. The van der Waals surface area contributed by atoms with Crippen LogP contribution >= 0.6 is 12.2 Å². The number of aryl methyl sites for hydroxylation is 1. The SMILES string of the molecule is S=c1c2c(nc3nc(-c4ccccc4)[nH]n13)CCCC2. The van der Waals surface area contributed by atoms with Crippen LogP contribution < -0.4 is 0 Å². The monoisotopic (exact) mass is 282 g/mol. The Bertz CT molecular complexity index is 832. The summed E-state index contributed by atoms with van der Waals surface area (Å²) < 4.78 is 2.67. The van der Waals surface area contributed by atoms with Gasteiger partial charge in [0.05, 0.1) is 5.69 Å². The van der Waals surface area contributed by atoms with E-state index in [1.165, 1.54) is 18.4 Å². The number of benzene rings is 1. The Balaban J connectivity index is 1.96. The number of aromatic amines is 1. The molecular weight excluding hydrogens is 268 g/mol. The second-order valence-corrected chi connectivity index (χ2v) is 5.51. The molecule has 1 aromatic carbocycles. The lowest BCUT2D eigenvalue weighted by Crippen LogP contribution is -2.09. The number of H-pyrrole nitrogens is 1. The quantitative estimate of drug-likeness (QED) is 0.696. The van der Waals surface area contributed by atoms with Crippen LogP contribution in [0, 0.1) is 4.64 Å². The molecule has 0 aliphatic heterocycles. The molecule has 0 fully saturated rings. The Morgan fingerprint density at radius 3 is 2.70 bits per heavy atom. The maximum atomic E-state index is 5.60. The minimum atomic E-state index is 0.675. The van der Waals surface area contributed by atoms with Gasteiger partial charge in [-0.2, -0.15) is 4.98 Å². The van der Waals surface area contributed by atoms with Gasteiger partial charge in [0.1, 0.15) is 4.64 Å². The molecule has 0 bridgehead atoms. The van der Waals surface area contributed by atoms with Gasteiger partial charge in [-0.05, 0) is 25.7 Å². The summed E-state index contributed by atoms with van der Waals surface area (Å²) in [5.74, 6) is 1.49. The van der Waals surface area contributed by atoms with Crippen LogP contribution in [0.1, 0.15) is 24.1 Å². The Labute approximate surface area is 121 Å². The first-order valence-corrected chi connectivity index (χ1v) is 7.30. The topological polar surface area (TPSA) is 46.0 Å². The molecule has 4 nitrogen and oxygen atoms in total. The summed E-state index contributed by atoms with van der Waals surface area (Å²) in [7, 11) is 0. The average molecular weight is 282 g/mol. The van der Waals surface area contributed by atoms with Gasteiger partial charge in [0, 0.05) is 11.1 Å². The molecule has 0 unspecified atom stereocenters. The first-order valence-electron chi connectivity index (χ1n) is 6.89. The van der Waals surface area contributed by atoms with Crippen LogP contribution in [0.15, 0.2) is 30.3 Å². The number of fused-ring (bicyclic) bond motifs is 2. The molecule has 5 heteroatoms. The second-order valence-electron chi connectivity index (χ2n) is 5.12. The third-order valence-electron chi connectivity index (χ3n) is 3.81. The average Bonchev–Trinajstić information content (AvgIpc) is 2.93. The van der Waals surface area contributed by atoms with E-state index in [9.17, 15) is 0 Å². The third kappa shape index (κ3) is 1.78. The van der Waals surface area contributed by atoms with Crippen molar-refractivity contribution in [3.63, 3.8) is 0 Å². The lowest BCUT2D eigenvalue weighted by molar-refractivity contribution is 0.656. The van der Waals surface area contributed by atoms with Crippen LogP contribution in [0.3, 0.4) is 0 Å². The highest BCUT2D eigenvalue weighted by Gasteiger charge is 2.16. The first-order chi connectivity index (χ1) is 9.83. The maximum absolute atomic E-state index is 5.60. The van der Waals surface area contributed by atoms with Gasteiger partial charge >= 0.3 is 0 Å². The molecular formula is C15H14N4S. The number of rotatable bonds is 1. The van der Waals surface area contributed by atoms with Crippen molar-refractivity contribution in [1.29, 1.82) is 0 Å². The summed E-state index contributed by atoms with van der Waals surface area (Å²) >= 11 is 5.60. The molecule has 0 spiro atoms. The van der Waals surface area contributed by atoms with E-state index in [0.29, 0.717) is 5.78 Å². The highest BCUT2D eigenvalue weighted by atomic mass is 32.1. The van der Waals surface area contributed by atoms with Gasteiger partial charge < -0.3 is 0 Å². The Kier molecular flexibility index (Phi) is 2.67. The van der Waals surface area contributed by atoms with Crippen molar-refractivity contribution in [2.24, 2.45) is 0 Å². The number of hydrogen-bond acceptors (Lipinski definition) is 3. The number of nitrogens with one attached hydrogen (secondary N) is 1. The van der Waals surface area contributed by atoms with Crippen LogP contribution in [0.5, 0.6) is 0 Å². The minimum absolute atomic E-state index is 0.675. The fourth-order valence-corrected chi connectivity index (χ4v) is 3.12. The predicted molar refractivity (Wildman–Crippen MR) is 80.2 cm³/mol. The summed E-state index contributed by atoms with van der Waals surface area (Å²) in [6, 6.07) is 10.1. The van der Waals surface area contributed by atoms with Crippen molar-refractivity contribution in [3.05, 3.63) is 46.2 Å². The Morgan fingerprint density at radius 1 is 1.05 bits per heavy atom. The van der Waals surface area contributed by atoms with E-state index in [0.717, 1.165) is 34.6 Å². The summed E-state index contributed by atoms with van der Waals surface area (Å²) in [6.07, 6.45) is 4.44. The van der Waals surface area contributed by atoms with Crippen molar-refractivity contribution in [2.45, 2.75) is 25.7 Å². The van der Waals surface area contributed by atoms with Crippen LogP contribution in [-0.4, -0.2) is 19.6 Å². The largest absolute Gasteiger partial charge is 0.273 e. The normalized spacial score (nSPS) is 14.4. The molecule has 0 saturated carbocycles. The molecule has 1 aliphatic rings. The van der Waals surface area contributed by atoms with Crippen molar-refractivity contribution < 1.29 is 0 Å². The molecule has 0 atom stereocenters. The molecule has 1 N–H and O–H groups in total. The standard InChI is InChI=1S/C15H14N4S/c20-14-11-8-4-5-9-12(11)16-15-17-13(18-19(14)15)10-6-2-1-3-7-10/h1-3,6-7H,4-5,8-9H2,(H,16,17,18). The molecule has 0 radical (unpaired) electrons. The van der Waals surface area contributed by atoms with E-state index in [1.807, 2.05) is 34.8 Å². The molecule has 3 aromatic rings. The van der Waals surface area contributed by atoms with E-state index >= 15 is 0 Å². The number of hydrogen-bond donors (Lipinski definition) is 1. The fraction of sp³-hybridized carbons (Fsp3) is 0.267. The third-order valence-corrected chi connectivity index (χ3v) is 4.24. The van der Waals surface area contributed by atoms with Crippen molar-refractivity contribution in [1.82, 2.24) is 19.6 Å². The Hall–Kier alpha value is -2.01. The molecule has 0 saturated heterocycles. The van der Waals surface area contributed by atoms with Crippen molar-refractivity contribution in [3.8, 4) is 11.4 Å². The lowest BCUT2D eigenvalue weighted by Gasteiger charge is -2.14. The van der Waals surface area contributed by atoms with Gasteiger partial charge in [-0.3, -0.25) is 5.10 Å². The molecule has 20 heavy (non-hydrogen) atoms. The molecule has 2 heterocycles. The Morgan fingerprint density at radius 2 is 1.85 bits per heavy atom. The summed E-state index contributed by atoms with van der Waals surface area (Å²) in [5, 5.41) is 3.27. The van der Waals surface area contributed by atoms with Crippen molar-refractivity contribution in [2.75, 3.05) is 0 Å². The van der Waals surface area contributed by atoms with Crippen LogP contribution in [0.2, 0.25) is 0 Å². The highest BCUT2D eigenvalue weighted by Crippen LogP contribution is 2.22. The van der Waals surface area contributed by atoms with Gasteiger partial charge in [0.2, 0.25) is 0 Å². The molecule has 1 aliphatic carbocycles. The summed E-state index contributed by atoms with van der Waals surface area (Å²) in [4.78, 5) is 9.26. The van der Waals surface area contributed by atoms with Crippen LogP contribution in [0.4, 0.5) is 0 Å². The van der Waals surface area contributed by atoms with E-state index in [1.54, 1.807) is 0 Å². The summed E-state index contributed by atoms with van der Waals surface area (Å²) in [6.45, 7) is 0.